The van der Waals surface area contributed by atoms with Crippen LogP contribution in [0.25, 0.3) is 60.9 Å². The molecule has 0 atom stereocenters. The average molecular weight is 447 g/mol. The lowest BCUT2D eigenvalue weighted by molar-refractivity contribution is 1.20. The summed E-state index contributed by atoms with van der Waals surface area (Å²) in [4.78, 5) is 14.5. The molecule has 4 aromatic heterocycles. The van der Waals surface area contributed by atoms with Crippen LogP contribution in [0.5, 0.6) is 0 Å². The van der Waals surface area contributed by atoms with Crippen molar-refractivity contribution in [2.24, 2.45) is 0 Å². The smallest absolute Gasteiger partial charge is 0.166 e. The van der Waals surface area contributed by atoms with Gasteiger partial charge in [0.15, 0.2) is 5.65 Å². The van der Waals surface area contributed by atoms with E-state index in [1.165, 1.54) is 49.9 Å². The highest BCUT2D eigenvalue weighted by molar-refractivity contribution is 6.19. The predicted molar refractivity (Wildman–Crippen MR) is 140 cm³/mol. The molecule has 0 fully saturated rings. The molecule has 4 heterocycles. The second-order valence-corrected chi connectivity index (χ2v) is 9.69. The Morgan fingerprint density at radius 2 is 1.34 bits per heavy atom. The fraction of sp³-hybridized carbons (Fsp3) is 0.0645. The van der Waals surface area contributed by atoms with Gasteiger partial charge >= 0.3 is 0 Å². The molecule has 4 nitrogen and oxygen atoms in total. The Bertz CT molecular complexity index is 2070. The maximum atomic E-state index is 5.02. The van der Waals surface area contributed by atoms with Crippen LogP contribution in [0, 0.1) is 0 Å². The second-order valence-electron chi connectivity index (χ2n) is 9.69. The van der Waals surface area contributed by atoms with Crippen molar-refractivity contribution in [3.8, 4) is 22.3 Å². The minimum atomic E-state index is 0.851. The lowest BCUT2D eigenvalue weighted by atomic mass is 9.94. The molecule has 2 aliphatic carbocycles. The van der Waals surface area contributed by atoms with Gasteiger partial charge in [-0.2, -0.15) is 0 Å². The molecule has 7 aromatic rings. The van der Waals surface area contributed by atoms with Crippen LogP contribution in [-0.4, -0.2) is 19.4 Å². The zero-order valence-electron chi connectivity index (χ0n) is 18.8. The van der Waals surface area contributed by atoms with E-state index in [1.807, 2.05) is 30.6 Å². The number of nitrogens with zero attached hydrogens (tertiary/aromatic N) is 4. The van der Waals surface area contributed by atoms with E-state index in [9.17, 15) is 0 Å². The molecule has 35 heavy (non-hydrogen) atoms. The molecule has 0 spiro atoms. The highest BCUT2D eigenvalue weighted by atomic mass is 15.1. The van der Waals surface area contributed by atoms with E-state index in [0.717, 1.165) is 46.1 Å². The molecular formula is C31H18N4. The molecule has 9 rings (SSSR count). The van der Waals surface area contributed by atoms with Gasteiger partial charge in [-0.25, -0.2) is 15.0 Å². The fourth-order valence-electron chi connectivity index (χ4n) is 6.44. The topological polar surface area (TPSA) is 43.1 Å². The maximum Gasteiger partial charge on any atom is 0.166 e. The summed E-state index contributed by atoms with van der Waals surface area (Å²) in [6.07, 6.45) is 5.65. The first-order valence-corrected chi connectivity index (χ1v) is 12.0. The van der Waals surface area contributed by atoms with E-state index in [-0.39, 0.29) is 0 Å². The van der Waals surface area contributed by atoms with Crippen LogP contribution in [0.15, 0.2) is 85.2 Å². The van der Waals surface area contributed by atoms with E-state index in [0.29, 0.717) is 0 Å². The van der Waals surface area contributed by atoms with Gasteiger partial charge in [0.25, 0.3) is 0 Å². The number of aromatic nitrogens is 4. The number of fused-ring (bicyclic) bond motifs is 15. The molecule has 0 saturated heterocycles. The lowest BCUT2D eigenvalue weighted by Gasteiger charge is -2.13. The third-order valence-corrected chi connectivity index (χ3v) is 7.88. The normalized spacial score (nSPS) is 13.5. The highest BCUT2D eigenvalue weighted by Gasteiger charge is 2.28. The van der Waals surface area contributed by atoms with Crippen LogP contribution in [0.1, 0.15) is 22.3 Å². The molecule has 0 radical (unpaired) electrons. The number of rotatable bonds is 0. The minimum absolute atomic E-state index is 0.851. The van der Waals surface area contributed by atoms with Gasteiger partial charge in [-0.3, -0.25) is 4.40 Å². The summed E-state index contributed by atoms with van der Waals surface area (Å²) in [5.41, 5.74) is 14.7. The number of pyridine rings is 3. The molecule has 0 unspecified atom stereocenters. The molecule has 0 saturated carbocycles. The van der Waals surface area contributed by atoms with Gasteiger partial charge in [-0.05, 0) is 93.7 Å². The third kappa shape index (κ3) is 2.15. The summed E-state index contributed by atoms with van der Waals surface area (Å²) < 4.78 is 2.12. The molecule has 4 heteroatoms. The van der Waals surface area contributed by atoms with Gasteiger partial charge in [0, 0.05) is 28.6 Å². The van der Waals surface area contributed by atoms with Gasteiger partial charge in [0.05, 0.1) is 0 Å². The van der Waals surface area contributed by atoms with E-state index in [4.69, 9.17) is 9.97 Å². The van der Waals surface area contributed by atoms with E-state index in [2.05, 4.69) is 64.0 Å². The quantitative estimate of drug-likeness (QED) is 0.243. The monoisotopic (exact) mass is 446 g/mol. The zero-order chi connectivity index (χ0) is 22.7. The Morgan fingerprint density at radius 1 is 0.571 bits per heavy atom. The molecule has 0 N–H and O–H groups in total. The largest absolute Gasteiger partial charge is 0.260 e. The van der Waals surface area contributed by atoms with Crippen LogP contribution in [0.3, 0.4) is 0 Å². The second kappa shape index (κ2) is 6.10. The van der Waals surface area contributed by atoms with Gasteiger partial charge in [-0.1, -0.05) is 36.4 Å². The molecule has 2 aliphatic rings. The molecular weight excluding hydrogens is 428 g/mol. The van der Waals surface area contributed by atoms with Crippen molar-refractivity contribution in [1.82, 2.24) is 19.4 Å². The Hall–Kier alpha value is -4.57. The maximum absolute atomic E-state index is 5.02. The fourth-order valence-corrected chi connectivity index (χ4v) is 6.44. The van der Waals surface area contributed by atoms with Crippen molar-refractivity contribution in [3.63, 3.8) is 0 Å². The van der Waals surface area contributed by atoms with E-state index < -0.39 is 0 Å². The van der Waals surface area contributed by atoms with Crippen molar-refractivity contribution >= 4 is 38.6 Å². The number of hydrogen-bond acceptors (Lipinski definition) is 3. The molecule has 0 amide bonds. The molecule has 3 aromatic carbocycles. The van der Waals surface area contributed by atoms with Gasteiger partial charge < -0.3 is 0 Å². The SMILES string of the molecule is c1ccc2c(c1)Cc1cc3c(cc1-2)Cc1ccc2c(c1-3)c1cccnc1n1c3ncccc3nc21. The average Bonchev–Trinajstić information content (AvgIpc) is 3.58. The first kappa shape index (κ1) is 17.8. The van der Waals surface area contributed by atoms with Crippen molar-refractivity contribution < 1.29 is 0 Å². The summed E-state index contributed by atoms with van der Waals surface area (Å²) in [5, 5.41) is 3.55. The van der Waals surface area contributed by atoms with Crippen LogP contribution < -0.4 is 0 Å². The molecule has 0 aliphatic heterocycles. The van der Waals surface area contributed by atoms with Crippen molar-refractivity contribution in [2.45, 2.75) is 12.8 Å². The summed E-state index contributed by atoms with van der Waals surface area (Å²) in [6, 6.07) is 26.5. The van der Waals surface area contributed by atoms with Crippen LogP contribution >= 0.6 is 0 Å². The third-order valence-electron chi connectivity index (χ3n) is 7.88. The zero-order valence-corrected chi connectivity index (χ0v) is 18.8. The van der Waals surface area contributed by atoms with Crippen LogP contribution in [0.2, 0.25) is 0 Å². The summed E-state index contributed by atoms with van der Waals surface area (Å²) in [7, 11) is 0. The van der Waals surface area contributed by atoms with Crippen molar-refractivity contribution in [2.75, 3.05) is 0 Å². The number of benzene rings is 3. The van der Waals surface area contributed by atoms with E-state index >= 15 is 0 Å². The molecule has 0 bridgehead atoms. The van der Waals surface area contributed by atoms with Gasteiger partial charge in [-0.15, -0.1) is 0 Å². The lowest BCUT2D eigenvalue weighted by Crippen LogP contribution is -1.96. The Labute approximate surface area is 200 Å². The number of imidazole rings is 1. The van der Waals surface area contributed by atoms with Gasteiger partial charge in [0.1, 0.15) is 16.8 Å². The van der Waals surface area contributed by atoms with Crippen molar-refractivity contribution in [1.29, 1.82) is 0 Å². The van der Waals surface area contributed by atoms with Crippen LogP contribution in [-0.2, 0) is 12.8 Å². The summed E-state index contributed by atoms with van der Waals surface area (Å²) >= 11 is 0. The Morgan fingerprint density at radius 3 is 2.31 bits per heavy atom. The number of hydrogen-bond donors (Lipinski definition) is 0. The predicted octanol–water partition coefficient (Wildman–Crippen LogP) is 6.73. The Balaban J connectivity index is 1.43. The van der Waals surface area contributed by atoms with Crippen LogP contribution in [0.4, 0.5) is 0 Å². The van der Waals surface area contributed by atoms with E-state index in [1.54, 1.807) is 0 Å². The van der Waals surface area contributed by atoms with Gasteiger partial charge in [0.2, 0.25) is 0 Å². The highest BCUT2D eigenvalue weighted by Crippen LogP contribution is 2.48. The molecule has 162 valence electrons. The summed E-state index contributed by atoms with van der Waals surface area (Å²) in [5.74, 6) is 0. The standard InChI is InChI=1S/C31H18N4/c1-2-6-21-17(5-1)13-19-16-25-20(15-24(19)21)14-18-9-10-23-28(27(18)25)22-7-3-11-32-29(22)35-30(23)34-26-8-4-12-33-31(26)35/h1-12,15-16H,13-14H2. The first-order chi connectivity index (χ1) is 17.3. The first-order valence-electron chi connectivity index (χ1n) is 12.0. The Kier molecular flexibility index (Phi) is 3.11. The summed E-state index contributed by atoms with van der Waals surface area (Å²) in [6.45, 7) is 0. The van der Waals surface area contributed by atoms with Crippen molar-refractivity contribution in [3.05, 3.63) is 107 Å². The minimum Gasteiger partial charge on any atom is -0.260 e.